The van der Waals surface area contributed by atoms with E-state index in [2.05, 4.69) is 37.7 Å². The Morgan fingerprint density at radius 2 is 1.96 bits per heavy atom. The summed E-state index contributed by atoms with van der Waals surface area (Å²) in [6.07, 6.45) is 4.96. The fraction of sp³-hybridized carbons (Fsp3) is 0.526. The number of nitrogens with one attached hydrogen (secondary N) is 3. The van der Waals surface area contributed by atoms with Gasteiger partial charge in [0, 0.05) is 18.7 Å². The molecule has 0 unspecified atom stereocenters. The molecule has 3 rings (SSSR count). The number of nitrogens with zero attached hydrogens (tertiary/aromatic N) is 3. The molecular formula is C19H28N6O. The van der Waals surface area contributed by atoms with Gasteiger partial charge in [-0.2, -0.15) is 5.10 Å². The molecule has 0 radical (unpaired) electrons. The van der Waals surface area contributed by atoms with Crippen molar-refractivity contribution in [3.63, 3.8) is 0 Å². The van der Waals surface area contributed by atoms with E-state index in [4.69, 9.17) is 4.74 Å². The van der Waals surface area contributed by atoms with Crippen molar-refractivity contribution in [2.45, 2.75) is 45.2 Å². The topological polar surface area (TPSA) is 87.2 Å². The van der Waals surface area contributed by atoms with E-state index in [1.165, 1.54) is 25.7 Å². The maximum absolute atomic E-state index is 5.18. The van der Waals surface area contributed by atoms with Crippen LogP contribution in [0.4, 0.5) is 0 Å². The van der Waals surface area contributed by atoms with E-state index in [-0.39, 0.29) is 0 Å². The van der Waals surface area contributed by atoms with Gasteiger partial charge in [0.05, 0.1) is 13.7 Å². The molecular weight excluding hydrogens is 328 g/mol. The molecule has 2 aromatic rings. The van der Waals surface area contributed by atoms with Crippen molar-refractivity contribution in [1.82, 2.24) is 25.8 Å². The van der Waals surface area contributed by atoms with Gasteiger partial charge in [-0.15, -0.1) is 0 Å². The fourth-order valence-corrected chi connectivity index (χ4v) is 3.20. The van der Waals surface area contributed by atoms with Crippen LogP contribution in [0.25, 0.3) is 11.4 Å². The third-order valence-corrected chi connectivity index (χ3v) is 4.88. The predicted molar refractivity (Wildman–Crippen MR) is 103 cm³/mol. The van der Waals surface area contributed by atoms with Crippen LogP contribution >= 0.6 is 0 Å². The second kappa shape index (κ2) is 8.69. The number of methoxy groups -OCH3 is 1. The molecule has 0 aliphatic heterocycles. The normalized spacial score (nSPS) is 20.7. The van der Waals surface area contributed by atoms with Gasteiger partial charge in [0.15, 0.2) is 11.8 Å². The van der Waals surface area contributed by atoms with E-state index in [0.29, 0.717) is 18.4 Å². The second-order valence-electron chi connectivity index (χ2n) is 6.86. The van der Waals surface area contributed by atoms with Gasteiger partial charge in [-0.1, -0.05) is 6.92 Å². The van der Waals surface area contributed by atoms with Gasteiger partial charge < -0.3 is 15.4 Å². The van der Waals surface area contributed by atoms with Gasteiger partial charge >= 0.3 is 0 Å². The van der Waals surface area contributed by atoms with Crippen LogP contribution in [-0.4, -0.2) is 41.3 Å². The Labute approximate surface area is 154 Å². The lowest BCUT2D eigenvalue weighted by molar-refractivity contribution is 0.329. The molecule has 0 amide bonds. The molecule has 1 aliphatic carbocycles. The van der Waals surface area contributed by atoms with Gasteiger partial charge in [-0.25, -0.2) is 4.98 Å². The summed E-state index contributed by atoms with van der Waals surface area (Å²) in [7, 11) is 3.45. The van der Waals surface area contributed by atoms with Crippen molar-refractivity contribution < 1.29 is 4.74 Å². The van der Waals surface area contributed by atoms with Crippen LogP contribution in [0.1, 0.15) is 38.4 Å². The number of rotatable bonds is 5. The molecule has 0 saturated heterocycles. The molecule has 1 saturated carbocycles. The Balaban J connectivity index is 1.53. The molecule has 1 aromatic carbocycles. The smallest absolute Gasteiger partial charge is 0.191 e. The SMILES string of the molecule is CN=C(NCc1nc(-c2ccc(OC)cc2)n[nH]1)NC1CCC(C)CC1. The van der Waals surface area contributed by atoms with Crippen LogP contribution in [0.2, 0.25) is 0 Å². The van der Waals surface area contributed by atoms with Crippen LogP contribution in [0.3, 0.4) is 0 Å². The summed E-state index contributed by atoms with van der Waals surface area (Å²) in [6.45, 7) is 2.87. The summed E-state index contributed by atoms with van der Waals surface area (Å²) in [5.74, 6) is 3.92. The van der Waals surface area contributed by atoms with E-state index in [9.17, 15) is 0 Å². The van der Waals surface area contributed by atoms with Gasteiger partial charge in [-0.3, -0.25) is 10.1 Å². The number of benzene rings is 1. The summed E-state index contributed by atoms with van der Waals surface area (Å²) in [4.78, 5) is 8.86. The molecule has 1 aromatic heterocycles. The average molecular weight is 356 g/mol. The van der Waals surface area contributed by atoms with Crippen LogP contribution in [0.5, 0.6) is 5.75 Å². The average Bonchev–Trinajstić information content (AvgIpc) is 3.15. The molecule has 140 valence electrons. The van der Waals surface area contributed by atoms with Crippen molar-refractivity contribution in [3.8, 4) is 17.1 Å². The molecule has 1 fully saturated rings. The van der Waals surface area contributed by atoms with Crippen molar-refractivity contribution in [1.29, 1.82) is 0 Å². The number of aromatic nitrogens is 3. The zero-order valence-corrected chi connectivity index (χ0v) is 15.7. The quantitative estimate of drug-likeness (QED) is 0.566. The lowest BCUT2D eigenvalue weighted by Gasteiger charge is -2.28. The minimum atomic E-state index is 0.502. The first-order valence-corrected chi connectivity index (χ1v) is 9.21. The van der Waals surface area contributed by atoms with Crippen LogP contribution < -0.4 is 15.4 Å². The van der Waals surface area contributed by atoms with Crippen LogP contribution in [0.15, 0.2) is 29.3 Å². The van der Waals surface area contributed by atoms with Crippen LogP contribution in [-0.2, 0) is 6.54 Å². The highest BCUT2D eigenvalue weighted by Gasteiger charge is 2.19. The standard InChI is InChI=1S/C19H28N6O/c1-13-4-8-15(9-5-13)22-19(20-2)21-12-17-23-18(25-24-17)14-6-10-16(26-3)11-7-14/h6-7,10-11,13,15H,4-5,8-9,12H2,1-3H3,(H2,20,21,22)(H,23,24,25). The molecule has 3 N–H and O–H groups in total. The lowest BCUT2D eigenvalue weighted by Crippen LogP contribution is -2.44. The summed E-state index contributed by atoms with van der Waals surface area (Å²) >= 11 is 0. The van der Waals surface area contributed by atoms with E-state index in [1.54, 1.807) is 14.2 Å². The molecule has 7 nitrogen and oxygen atoms in total. The van der Waals surface area contributed by atoms with Gasteiger partial charge in [0.25, 0.3) is 0 Å². The zero-order chi connectivity index (χ0) is 18.4. The van der Waals surface area contributed by atoms with E-state index in [1.807, 2.05) is 24.3 Å². The van der Waals surface area contributed by atoms with Gasteiger partial charge in [0.2, 0.25) is 0 Å². The largest absolute Gasteiger partial charge is 0.497 e. The van der Waals surface area contributed by atoms with Crippen LogP contribution in [0, 0.1) is 5.92 Å². The van der Waals surface area contributed by atoms with Crippen molar-refractivity contribution in [2.75, 3.05) is 14.2 Å². The molecule has 1 heterocycles. The van der Waals surface area contributed by atoms with Crippen molar-refractivity contribution >= 4 is 5.96 Å². The number of ether oxygens (including phenoxy) is 1. The van der Waals surface area contributed by atoms with Crippen molar-refractivity contribution in [3.05, 3.63) is 30.1 Å². The number of guanidine groups is 1. The maximum atomic E-state index is 5.18. The van der Waals surface area contributed by atoms with Gasteiger partial charge in [-0.05, 0) is 55.9 Å². The lowest BCUT2D eigenvalue weighted by atomic mass is 9.87. The van der Waals surface area contributed by atoms with E-state index < -0.39 is 0 Å². The molecule has 0 atom stereocenters. The Hall–Kier alpha value is -2.57. The Morgan fingerprint density at radius 3 is 2.62 bits per heavy atom. The fourth-order valence-electron chi connectivity index (χ4n) is 3.20. The predicted octanol–water partition coefficient (Wildman–Crippen LogP) is 2.72. The number of H-pyrrole nitrogens is 1. The minimum absolute atomic E-state index is 0.502. The first kappa shape index (κ1) is 18.2. The molecule has 1 aliphatic rings. The highest BCUT2D eigenvalue weighted by Crippen LogP contribution is 2.23. The first-order chi connectivity index (χ1) is 12.7. The maximum Gasteiger partial charge on any atom is 0.191 e. The number of hydrogen-bond acceptors (Lipinski definition) is 4. The number of aliphatic imine (C=N–C) groups is 1. The summed E-state index contributed by atoms with van der Waals surface area (Å²) < 4.78 is 5.18. The van der Waals surface area contributed by atoms with Crippen molar-refractivity contribution in [2.24, 2.45) is 10.9 Å². The Morgan fingerprint density at radius 1 is 1.23 bits per heavy atom. The zero-order valence-electron chi connectivity index (χ0n) is 15.7. The summed E-state index contributed by atoms with van der Waals surface area (Å²) in [5.41, 5.74) is 0.951. The second-order valence-corrected chi connectivity index (χ2v) is 6.86. The third-order valence-electron chi connectivity index (χ3n) is 4.88. The highest BCUT2D eigenvalue weighted by atomic mass is 16.5. The number of aromatic amines is 1. The third kappa shape index (κ3) is 4.74. The monoisotopic (exact) mass is 356 g/mol. The number of hydrogen-bond donors (Lipinski definition) is 3. The summed E-state index contributed by atoms with van der Waals surface area (Å²) in [6, 6.07) is 8.20. The Kier molecular flexibility index (Phi) is 6.09. The molecule has 0 spiro atoms. The van der Waals surface area contributed by atoms with E-state index in [0.717, 1.165) is 29.0 Å². The minimum Gasteiger partial charge on any atom is -0.497 e. The molecule has 7 heteroatoms. The first-order valence-electron chi connectivity index (χ1n) is 9.21. The molecule has 0 bridgehead atoms. The Bertz CT molecular complexity index is 716. The molecule has 26 heavy (non-hydrogen) atoms. The highest BCUT2D eigenvalue weighted by molar-refractivity contribution is 5.79. The van der Waals surface area contributed by atoms with Gasteiger partial charge in [0.1, 0.15) is 11.6 Å². The van der Waals surface area contributed by atoms with E-state index >= 15 is 0 Å². The summed E-state index contributed by atoms with van der Waals surface area (Å²) in [5, 5.41) is 14.1.